The van der Waals surface area contributed by atoms with Gasteiger partial charge in [-0.2, -0.15) is 0 Å². The third-order valence-corrected chi connectivity index (χ3v) is 4.12. The van der Waals surface area contributed by atoms with E-state index in [1.54, 1.807) is 0 Å². The fourth-order valence-corrected chi connectivity index (χ4v) is 3.49. The van der Waals surface area contributed by atoms with Gasteiger partial charge >= 0.3 is 0 Å². The molecule has 2 aliphatic rings. The van der Waals surface area contributed by atoms with Crippen LogP contribution in [-0.2, 0) is 4.79 Å². The van der Waals surface area contributed by atoms with E-state index in [4.69, 9.17) is 0 Å². The summed E-state index contributed by atoms with van der Waals surface area (Å²) in [4.78, 5) is 15.0. The van der Waals surface area contributed by atoms with Gasteiger partial charge in [0.2, 0.25) is 5.91 Å². The lowest BCUT2D eigenvalue weighted by Crippen LogP contribution is -2.63. The van der Waals surface area contributed by atoms with Gasteiger partial charge in [0.15, 0.2) is 0 Å². The maximum absolute atomic E-state index is 12.9. The van der Waals surface area contributed by atoms with Crippen LogP contribution in [0.4, 0.5) is 0 Å². The number of rotatable bonds is 2. The number of amides is 1. The van der Waals surface area contributed by atoms with Crippen molar-refractivity contribution in [3.8, 4) is 0 Å². The van der Waals surface area contributed by atoms with Crippen LogP contribution < -0.4 is 5.32 Å². The molecule has 1 saturated carbocycles. The van der Waals surface area contributed by atoms with Gasteiger partial charge in [0.05, 0.1) is 5.54 Å². The molecule has 1 amide bonds. The average molecular weight is 252 g/mol. The predicted octanol–water partition coefficient (Wildman–Crippen LogP) is 2.70. The summed E-state index contributed by atoms with van der Waals surface area (Å²) in [7, 11) is 0. The second kappa shape index (κ2) is 5.20. The molecule has 0 radical (unpaired) electrons. The van der Waals surface area contributed by atoms with E-state index in [1.807, 2.05) is 0 Å². The van der Waals surface area contributed by atoms with Crippen LogP contribution in [-0.4, -0.2) is 35.0 Å². The molecule has 0 aromatic carbocycles. The average Bonchev–Trinajstić information content (AvgIpc) is 2.80. The molecule has 3 heteroatoms. The van der Waals surface area contributed by atoms with Crippen LogP contribution in [0.2, 0.25) is 0 Å². The molecule has 3 nitrogen and oxygen atoms in total. The minimum Gasteiger partial charge on any atom is -0.341 e. The third kappa shape index (κ3) is 3.05. The summed E-state index contributed by atoms with van der Waals surface area (Å²) in [6.07, 6.45) is 8.03. The van der Waals surface area contributed by atoms with Crippen LogP contribution in [0.25, 0.3) is 0 Å². The Labute approximate surface area is 111 Å². The highest BCUT2D eigenvalue weighted by atomic mass is 16.2. The van der Waals surface area contributed by atoms with Crippen molar-refractivity contribution in [3.05, 3.63) is 0 Å². The molecule has 0 aromatic heterocycles. The molecule has 18 heavy (non-hydrogen) atoms. The first-order valence-electron chi connectivity index (χ1n) is 7.52. The first-order chi connectivity index (χ1) is 8.43. The van der Waals surface area contributed by atoms with Crippen LogP contribution >= 0.6 is 0 Å². The molecule has 0 unspecified atom stereocenters. The molecule has 1 heterocycles. The zero-order chi connectivity index (χ0) is 13.2. The molecule has 0 spiro atoms. The number of carbonyl (C=O) groups excluding carboxylic acids is 1. The smallest absolute Gasteiger partial charge is 0.242 e. The highest BCUT2D eigenvalue weighted by molar-refractivity contribution is 5.86. The lowest BCUT2D eigenvalue weighted by atomic mass is 9.79. The third-order valence-electron chi connectivity index (χ3n) is 4.12. The molecule has 104 valence electrons. The minimum atomic E-state index is -0.277. The Morgan fingerprint density at radius 2 is 1.56 bits per heavy atom. The van der Waals surface area contributed by atoms with Gasteiger partial charge in [0.25, 0.3) is 0 Å². The Morgan fingerprint density at radius 1 is 1.00 bits per heavy atom. The Bertz CT molecular complexity index is 294. The van der Waals surface area contributed by atoms with E-state index in [9.17, 15) is 4.79 Å². The van der Waals surface area contributed by atoms with Gasteiger partial charge in [-0.1, -0.05) is 19.3 Å². The molecule has 0 aromatic rings. The van der Waals surface area contributed by atoms with Gasteiger partial charge in [0.1, 0.15) is 0 Å². The number of nitrogens with zero attached hydrogens (tertiary/aromatic N) is 1. The molecule has 0 atom stereocenters. The molecule has 2 fully saturated rings. The molecule has 1 aliphatic carbocycles. The van der Waals surface area contributed by atoms with Gasteiger partial charge in [-0.15, -0.1) is 0 Å². The van der Waals surface area contributed by atoms with Crippen molar-refractivity contribution >= 4 is 5.91 Å². The quantitative estimate of drug-likeness (QED) is 0.819. The van der Waals surface area contributed by atoms with E-state index < -0.39 is 0 Å². The molecular formula is C15H28N2O. The van der Waals surface area contributed by atoms with Gasteiger partial charge < -0.3 is 4.90 Å². The molecule has 2 rings (SSSR count). The Kier molecular flexibility index (Phi) is 4.00. The van der Waals surface area contributed by atoms with E-state index >= 15 is 0 Å². The van der Waals surface area contributed by atoms with Gasteiger partial charge in [-0.3, -0.25) is 10.1 Å². The SMILES string of the molecule is CC(C)(C)NC1(C(=O)N2CCCC2)CCCCC1. The van der Waals surface area contributed by atoms with E-state index in [0.29, 0.717) is 5.91 Å². The van der Waals surface area contributed by atoms with Crippen LogP contribution in [0.15, 0.2) is 0 Å². The fraction of sp³-hybridized carbons (Fsp3) is 0.933. The summed E-state index contributed by atoms with van der Waals surface area (Å²) in [6.45, 7) is 8.43. The lowest BCUT2D eigenvalue weighted by Gasteiger charge is -2.43. The predicted molar refractivity (Wildman–Crippen MR) is 74.5 cm³/mol. The topological polar surface area (TPSA) is 32.3 Å². The summed E-state index contributed by atoms with van der Waals surface area (Å²) in [5.41, 5.74) is -0.270. The second-order valence-corrected chi connectivity index (χ2v) is 7.02. The summed E-state index contributed by atoms with van der Waals surface area (Å²) < 4.78 is 0. The first-order valence-corrected chi connectivity index (χ1v) is 7.52. The van der Waals surface area contributed by atoms with Crippen molar-refractivity contribution in [1.29, 1.82) is 0 Å². The normalized spacial score (nSPS) is 24.3. The van der Waals surface area contributed by atoms with Crippen LogP contribution in [0.3, 0.4) is 0 Å². The standard InChI is InChI=1S/C15H28N2O/c1-14(2,3)16-15(9-5-4-6-10-15)13(18)17-11-7-8-12-17/h16H,4-12H2,1-3H3. The zero-order valence-corrected chi connectivity index (χ0v) is 12.2. The van der Waals surface area contributed by atoms with E-state index in [-0.39, 0.29) is 11.1 Å². The Morgan fingerprint density at radius 3 is 2.06 bits per heavy atom. The lowest BCUT2D eigenvalue weighted by molar-refractivity contribution is -0.139. The second-order valence-electron chi connectivity index (χ2n) is 7.02. The highest BCUT2D eigenvalue weighted by Crippen LogP contribution is 2.32. The Hall–Kier alpha value is -0.570. The number of likely N-dealkylation sites (tertiary alicyclic amines) is 1. The fourth-order valence-electron chi connectivity index (χ4n) is 3.49. The molecular weight excluding hydrogens is 224 g/mol. The van der Waals surface area contributed by atoms with Gasteiger partial charge in [0, 0.05) is 18.6 Å². The summed E-state index contributed by atoms with van der Waals surface area (Å²) in [5.74, 6) is 0.370. The van der Waals surface area contributed by atoms with E-state index in [0.717, 1.165) is 25.9 Å². The summed E-state index contributed by atoms with van der Waals surface area (Å²) in [5, 5.41) is 3.66. The van der Waals surface area contributed by atoms with Crippen LogP contribution in [0, 0.1) is 0 Å². The largest absolute Gasteiger partial charge is 0.341 e. The van der Waals surface area contributed by atoms with Crippen molar-refractivity contribution in [3.63, 3.8) is 0 Å². The van der Waals surface area contributed by atoms with Crippen molar-refractivity contribution in [1.82, 2.24) is 10.2 Å². The minimum absolute atomic E-state index is 0.00667. The zero-order valence-electron chi connectivity index (χ0n) is 12.2. The summed E-state index contributed by atoms with van der Waals surface area (Å²) >= 11 is 0. The van der Waals surface area contributed by atoms with Crippen molar-refractivity contribution in [2.24, 2.45) is 0 Å². The van der Waals surface area contributed by atoms with Gasteiger partial charge in [-0.25, -0.2) is 0 Å². The first kappa shape index (κ1) is 13.9. The van der Waals surface area contributed by atoms with Crippen molar-refractivity contribution in [2.75, 3.05) is 13.1 Å². The van der Waals surface area contributed by atoms with Crippen LogP contribution in [0.1, 0.15) is 65.7 Å². The Balaban J connectivity index is 2.15. The molecule has 1 aliphatic heterocycles. The molecule has 1 saturated heterocycles. The number of carbonyl (C=O) groups is 1. The maximum Gasteiger partial charge on any atom is 0.242 e. The van der Waals surface area contributed by atoms with Gasteiger partial charge in [-0.05, 0) is 46.5 Å². The van der Waals surface area contributed by atoms with E-state index in [1.165, 1.54) is 32.1 Å². The monoisotopic (exact) mass is 252 g/mol. The summed E-state index contributed by atoms with van der Waals surface area (Å²) in [6, 6.07) is 0. The highest BCUT2D eigenvalue weighted by Gasteiger charge is 2.44. The number of hydrogen-bond acceptors (Lipinski definition) is 2. The number of nitrogens with one attached hydrogen (secondary N) is 1. The van der Waals surface area contributed by atoms with E-state index in [2.05, 4.69) is 31.0 Å². The molecule has 0 bridgehead atoms. The number of hydrogen-bond donors (Lipinski definition) is 1. The molecule has 1 N–H and O–H groups in total. The van der Waals surface area contributed by atoms with Crippen molar-refractivity contribution in [2.45, 2.75) is 76.8 Å². The van der Waals surface area contributed by atoms with Crippen molar-refractivity contribution < 1.29 is 4.79 Å². The van der Waals surface area contributed by atoms with Crippen LogP contribution in [0.5, 0.6) is 0 Å². The maximum atomic E-state index is 12.9.